The zero-order valence-electron chi connectivity index (χ0n) is 14.8. The molecule has 9 heteroatoms. The Hall–Kier alpha value is -2.94. The highest BCUT2D eigenvalue weighted by atomic mass is 32.2. The molecule has 0 saturated carbocycles. The van der Waals surface area contributed by atoms with Crippen molar-refractivity contribution in [3.8, 4) is 28.4 Å². The van der Waals surface area contributed by atoms with Crippen molar-refractivity contribution in [2.24, 2.45) is 0 Å². The zero-order valence-corrected chi connectivity index (χ0v) is 15.6. The van der Waals surface area contributed by atoms with Gasteiger partial charge in [-0.3, -0.25) is 0 Å². The van der Waals surface area contributed by atoms with Crippen LogP contribution in [0.1, 0.15) is 0 Å². The molecule has 0 aliphatic rings. The van der Waals surface area contributed by atoms with Crippen LogP contribution in [0.2, 0.25) is 0 Å². The van der Waals surface area contributed by atoms with Crippen molar-refractivity contribution in [2.75, 3.05) is 14.2 Å². The fourth-order valence-electron chi connectivity index (χ4n) is 2.74. The SMILES string of the molecule is COc1cccc(OC)c1-c1ccc2cc(OS(=O)(=O)C(F)(F)F)ccc2c1. The van der Waals surface area contributed by atoms with Crippen molar-refractivity contribution in [3.63, 3.8) is 0 Å². The molecule has 0 bridgehead atoms. The second-order valence-corrected chi connectivity index (χ2v) is 7.28. The topological polar surface area (TPSA) is 61.8 Å². The summed E-state index contributed by atoms with van der Waals surface area (Å²) in [6.45, 7) is 0. The second-order valence-electron chi connectivity index (χ2n) is 5.74. The minimum Gasteiger partial charge on any atom is -0.496 e. The van der Waals surface area contributed by atoms with Crippen LogP contribution < -0.4 is 13.7 Å². The summed E-state index contributed by atoms with van der Waals surface area (Å²) in [5.41, 5.74) is -4.01. The van der Waals surface area contributed by atoms with Crippen LogP contribution in [-0.4, -0.2) is 28.1 Å². The molecule has 0 atom stereocenters. The first-order valence-electron chi connectivity index (χ1n) is 7.92. The molecule has 0 unspecified atom stereocenters. The maximum absolute atomic E-state index is 12.5. The fraction of sp³-hybridized carbons (Fsp3) is 0.158. The summed E-state index contributed by atoms with van der Waals surface area (Å²) in [5, 5.41) is 1.18. The second kappa shape index (κ2) is 7.23. The summed E-state index contributed by atoms with van der Waals surface area (Å²) < 4.78 is 74.7. The van der Waals surface area contributed by atoms with E-state index >= 15 is 0 Å². The molecular weight excluding hydrogens is 397 g/mol. The monoisotopic (exact) mass is 412 g/mol. The predicted molar refractivity (Wildman–Crippen MR) is 98.1 cm³/mol. The molecule has 148 valence electrons. The molecule has 28 heavy (non-hydrogen) atoms. The maximum atomic E-state index is 12.5. The van der Waals surface area contributed by atoms with Crippen molar-refractivity contribution in [3.05, 3.63) is 54.6 Å². The van der Waals surface area contributed by atoms with Gasteiger partial charge in [-0.05, 0) is 46.7 Å². The van der Waals surface area contributed by atoms with Gasteiger partial charge in [-0.2, -0.15) is 21.6 Å². The van der Waals surface area contributed by atoms with Crippen molar-refractivity contribution in [2.45, 2.75) is 5.51 Å². The summed E-state index contributed by atoms with van der Waals surface area (Å²) in [4.78, 5) is 0. The highest BCUT2D eigenvalue weighted by Gasteiger charge is 2.48. The van der Waals surface area contributed by atoms with Crippen LogP contribution in [-0.2, 0) is 10.1 Å². The molecule has 0 N–H and O–H groups in total. The van der Waals surface area contributed by atoms with Gasteiger partial charge in [0, 0.05) is 0 Å². The summed E-state index contributed by atoms with van der Waals surface area (Å²) in [7, 11) is -2.66. The standard InChI is InChI=1S/C19H15F3O5S/c1-25-16-4-3-5-17(26-2)18(16)14-7-6-13-11-15(9-8-12(13)10-14)27-28(23,24)19(20,21)22/h3-11H,1-2H3. The van der Waals surface area contributed by atoms with Crippen LogP contribution in [0, 0.1) is 0 Å². The van der Waals surface area contributed by atoms with Gasteiger partial charge in [0.05, 0.1) is 19.8 Å². The number of hydrogen-bond donors (Lipinski definition) is 0. The van der Waals surface area contributed by atoms with Crippen LogP contribution in [0.4, 0.5) is 13.2 Å². The van der Waals surface area contributed by atoms with E-state index < -0.39 is 21.4 Å². The van der Waals surface area contributed by atoms with Crippen molar-refractivity contribution in [1.82, 2.24) is 0 Å². The molecule has 0 heterocycles. The Balaban J connectivity index is 2.04. The number of ether oxygens (including phenoxy) is 2. The number of rotatable bonds is 5. The third-order valence-electron chi connectivity index (χ3n) is 4.02. The van der Waals surface area contributed by atoms with Crippen LogP contribution in [0.15, 0.2) is 54.6 Å². The Kier molecular flexibility index (Phi) is 5.12. The highest BCUT2D eigenvalue weighted by molar-refractivity contribution is 7.88. The number of methoxy groups -OCH3 is 2. The molecule has 5 nitrogen and oxygen atoms in total. The third kappa shape index (κ3) is 3.70. The summed E-state index contributed by atoms with van der Waals surface area (Å²) in [5.74, 6) is 0.761. The molecule has 3 aromatic rings. The molecule has 3 rings (SSSR count). The van der Waals surface area contributed by atoms with E-state index in [1.807, 2.05) is 0 Å². The van der Waals surface area contributed by atoms with Gasteiger partial charge in [-0.15, -0.1) is 0 Å². The van der Waals surface area contributed by atoms with E-state index in [1.54, 1.807) is 36.4 Å². The average molecular weight is 412 g/mol. The van der Waals surface area contributed by atoms with E-state index in [9.17, 15) is 21.6 Å². The number of alkyl halides is 3. The molecule has 0 radical (unpaired) electrons. The average Bonchev–Trinajstić information content (AvgIpc) is 2.65. The van der Waals surface area contributed by atoms with Crippen LogP contribution in [0.25, 0.3) is 21.9 Å². The smallest absolute Gasteiger partial charge is 0.496 e. The van der Waals surface area contributed by atoms with E-state index in [4.69, 9.17) is 9.47 Å². The third-order valence-corrected chi connectivity index (χ3v) is 5.00. The molecule has 0 amide bonds. The summed E-state index contributed by atoms with van der Waals surface area (Å²) in [6, 6.07) is 14.4. The first-order valence-corrected chi connectivity index (χ1v) is 9.33. The lowest BCUT2D eigenvalue weighted by molar-refractivity contribution is -0.0500. The predicted octanol–water partition coefficient (Wildman–Crippen LogP) is 4.75. The van der Waals surface area contributed by atoms with Crippen molar-refractivity contribution >= 4 is 20.9 Å². The van der Waals surface area contributed by atoms with Crippen molar-refractivity contribution < 1.29 is 35.2 Å². The first-order chi connectivity index (χ1) is 13.2. The number of fused-ring (bicyclic) bond motifs is 1. The molecule has 0 aliphatic heterocycles. The lowest BCUT2D eigenvalue weighted by atomic mass is 9.99. The van der Waals surface area contributed by atoms with Crippen LogP contribution in [0.5, 0.6) is 17.2 Å². The lowest BCUT2D eigenvalue weighted by Gasteiger charge is -2.14. The molecule has 0 aliphatic carbocycles. The Morgan fingerprint density at radius 2 is 1.39 bits per heavy atom. The van der Waals surface area contributed by atoms with Gasteiger partial charge < -0.3 is 13.7 Å². The largest absolute Gasteiger partial charge is 0.534 e. The fourth-order valence-corrected chi connectivity index (χ4v) is 3.19. The van der Waals surface area contributed by atoms with E-state index in [0.717, 1.165) is 17.2 Å². The van der Waals surface area contributed by atoms with E-state index in [2.05, 4.69) is 4.18 Å². The van der Waals surface area contributed by atoms with Crippen LogP contribution in [0.3, 0.4) is 0 Å². The van der Waals surface area contributed by atoms with Gasteiger partial charge >= 0.3 is 15.6 Å². The normalized spacial score (nSPS) is 12.0. The maximum Gasteiger partial charge on any atom is 0.534 e. The Bertz CT molecular complexity index is 1100. The van der Waals surface area contributed by atoms with E-state index in [-0.39, 0.29) is 0 Å². The van der Waals surface area contributed by atoms with Gasteiger partial charge in [0.1, 0.15) is 17.2 Å². The van der Waals surface area contributed by atoms with Gasteiger partial charge in [0.25, 0.3) is 0 Å². The molecule has 0 saturated heterocycles. The van der Waals surface area contributed by atoms with Gasteiger partial charge in [0.15, 0.2) is 0 Å². The molecule has 0 fully saturated rings. The molecule has 0 aromatic heterocycles. The first kappa shape index (κ1) is 19.8. The number of benzene rings is 3. The quantitative estimate of drug-likeness (QED) is 0.447. The Morgan fingerprint density at radius 1 is 0.821 bits per heavy atom. The van der Waals surface area contributed by atoms with E-state index in [1.165, 1.54) is 26.4 Å². The highest BCUT2D eigenvalue weighted by Crippen LogP contribution is 2.39. The van der Waals surface area contributed by atoms with Gasteiger partial charge in [0.2, 0.25) is 0 Å². The Morgan fingerprint density at radius 3 is 1.96 bits per heavy atom. The Labute approximate surface area is 159 Å². The van der Waals surface area contributed by atoms with Gasteiger partial charge in [-0.1, -0.05) is 24.3 Å². The molecule has 3 aromatic carbocycles. The minimum absolute atomic E-state index is 0.424. The van der Waals surface area contributed by atoms with Crippen LogP contribution >= 0.6 is 0 Å². The molecule has 0 spiro atoms. The minimum atomic E-state index is -5.72. The zero-order chi connectivity index (χ0) is 20.5. The number of halogens is 3. The summed E-state index contributed by atoms with van der Waals surface area (Å²) in [6.07, 6.45) is 0. The van der Waals surface area contributed by atoms with Gasteiger partial charge in [-0.25, -0.2) is 0 Å². The summed E-state index contributed by atoms with van der Waals surface area (Å²) >= 11 is 0. The van der Waals surface area contributed by atoms with Crippen molar-refractivity contribution in [1.29, 1.82) is 0 Å². The lowest BCUT2D eigenvalue weighted by Crippen LogP contribution is -2.28. The number of hydrogen-bond acceptors (Lipinski definition) is 5. The molecular formula is C19H15F3O5S. The van der Waals surface area contributed by atoms with E-state index in [0.29, 0.717) is 22.3 Å².